The first-order valence-electron chi connectivity index (χ1n) is 10.0. The molecule has 0 radical (unpaired) electrons. The first-order valence-corrected chi connectivity index (χ1v) is 10.0. The summed E-state index contributed by atoms with van der Waals surface area (Å²) < 4.78 is 0. The van der Waals surface area contributed by atoms with E-state index < -0.39 is 6.04 Å². The van der Waals surface area contributed by atoms with Crippen LogP contribution in [0.4, 0.5) is 5.69 Å². The molecule has 1 atom stereocenters. The third-order valence-corrected chi connectivity index (χ3v) is 5.15. The average Bonchev–Trinajstić information content (AvgIpc) is 2.67. The Balaban J connectivity index is 0.00000420. The van der Waals surface area contributed by atoms with Crippen LogP contribution in [-0.4, -0.2) is 36.3 Å². The van der Waals surface area contributed by atoms with E-state index in [2.05, 4.69) is 16.0 Å². The van der Waals surface area contributed by atoms with Crippen molar-refractivity contribution in [3.63, 3.8) is 0 Å². The summed E-state index contributed by atoms with van der Waals surface area (Å²) in [7, 11) is 0. The van der Waals surface area contributed by atoms with Crippen LogP contribution in [0.1, 0.15) is 61.9 Å². The van der Waals surface area contributed by atoms with Gasteiger partial charge in [-0.25, -0.2) is 0 Å². The molecule has 3 amide bonds. The Morgan fingerprint density at radius 2 is 1.79 bits per heavy atom. The Kier molecular flexibility index (Phi) is 10.1. The summed E-state index contributed by atoms with van der Waals surface area (Å²) >= 11 is 0. The lowest BCUT2D eigenvalue weighted by Crippen LogP contribution is -2.46. The van der Waals surface area contributed by atoms with Crippen LogP contribution in [0.3, 0.4) is 0 Å². The maximum absolute atomic E-state index is 12.4. The predicted octanol–water partition coefficient (Wildman–Crippen LogP) is 2.52. The number of benzene rings is 1. The molecule has 1 aromatic carbocycles. The standard InChI is InChI=1S/C21H32N4O3.ClH/c1-13(2)19(22)21(28)23-12-18(26)25-17-10-9-15(11-14(17)3)20(27)24-16-7-5-4-6-8-16;/h9-11,13,16,19H,4-8,12,22H2,1-3H3,(H,23,28)(H,24,27)(H,25,26);1H/t19-;/m0./s1. The van der Waals surface area contributed by atoms with Gasteiger partial charge in [0.2, 0.25) is 11.8 Å². The summed E-state index contributed by atoms with van der Waals surface area (Å²) in [4.78, 5) is 36.4. The Morgan fingerprint density at radius 1 is 1.14 bits per heavy atom. The van der Waals surface area contributed by atoms with Crippen LogP contribution in [0.15, 0.2) is 18.2 Å². The largest absolute Gasteiger partial charge is 0.349 e. The van der Waals surface area contributed by atoms with Gasteiger partial charge in [0.05, 0.1) is 12.6 Å². The van der Waals surface area contributed by atoms with Gasteiger partial charge in [-0.05, 0) is 49.4 Å². The zero-order valence-electron chi connectivity index (χ0n) is 17.4. The van der Waals surface area contributed by atoms with Crippen LogP contribution in [0.5, 0.6) is 0 Å². The van der Waals surface area contributed by atoms with Crippen molar-refractivity contribution < 1.29 is 14.4 Å². The molecule has 0 saturated heterocycles. The molecule has 7 nitrogen and oxygen atoms in total. The van der Waals surface area contributed by atoms with Crippen molar-refractivity contribution in [1.82, 2.24) is 10.6 Å². The lowest BCUT2D eigenvalue weighted by molar-refractivity contribution is -0.125. The molecule has 1 fully saturated rings. The van der Waals surface area contributed by atoms with Gasteiger partial charge in [-0.2, -0.15) is 0 Å². The number of nitrogens with one attached hydrogen (secondary N) is 3. The molecule has 1 aliphatic carbocycles. The summed E-state index contributed by atoms with van der Waals surface area (Å²) in [6.45, 7) is 5.38. The van der Waals surface area contributed by atoms with Crippen LogP contribution >= 0.6 is 12.4 Å². The number of carbonyl (C=O) groups excluding carboxylic acids is 3. The first-order chi connectivity index (χ1) is 13.3. The van der Waals surface area contributed by atoms with Gasteiger partial charge in [0.15, 0.2) is 0 Å². The lowest BCUT2D eigenvalue weighted by Gasteiger charge is -2.23. The molecule has 29 heavy (non-hydrogen) atoms. The van der Waals surface area contributed by atoms with Gasteiger partial charge in [0, 0.05) is 17.3 Å². The van der Waals surface area contributed by atoms with E-state index in [-0.39, 0.29) is 48.6 Å². The van der Waals surface area contributed by atoms with E-state index >= 15 is 0 Å². The SMILES string of the molecule is Cc1cc(C(=O)NC2CCCCC2)ccc1NC(=O)CNC(=O)[C@@H](N)C(C)C.Cl. The topological polar surface area (TPSA) is 113 Å². The minimum absolute atomic E-state index is 0. The third-order valence-electron chi connectivity index (χ3n) is 5.15. The number of hydrogen-bond donors (Lipinski definition) is 4. The molecule has 5 N–H and O–H groups in total. The van der Waals surface area contributed by atoms with Crippen LogP contribution < -0.4 is 21.7 Å². The number of rotatable bonds is 7. The highest BCUT2D eigenvalue weighted by molar-refractivity contribution is 5.98. The van der Waals surface area contributed by atoms with Gasteiger partial charge in [-0.15, -0.1) is 12.4 Å². The van der Waals surface area contributed by atoms with E-state index in [1.54, 1.807) is 18.2 Å². The molecule has 0 spiro atoms. The van der Waals surface area contributed by atoms with Crippen molar-refractivity contribution in [3.05, 3.63) is 29.3 Å². The Morgan fingerprint density at radius 3 is 2.38 bits per heavy atom. The number of hydrogen-bond acceptors (Lipinski definition) is 4. The van der Waals surface area contributed by atoms with E-state index in [4.69, 9.17) is 5.73 Å². The van der Waals surface area contributed by atoms with Crippen molar-refractivity contribution in [2.75, 3.05) is 11.9 Å². The van der Waals surface area contributed by atoms with Crippen molar-refractivity contribution in [3.8, 4) is 0 Å². The van der Waals surface area contributed by atoms with E-state index in [9.17, 15) is 14.4 Å². The molecule has 8 heteroatoms. The minimum atomic E-state index is -0.642. The van der Waals surface area contributed by atoms with Gasteiger partial charge in [-0.3, -0.25) is 14.4 Å². The number of aryl methyl sites for hydroxylation is 1. The van der Waals surface area contributed by atoms with Crippen molar-refractivity contribution >= 4 is 35.8 Å². The normalized spacial score (nSPS) is 15.2. The number of carbonyl (C=O) groups is 3. The Hall–Kier alpha value is -2.12. The molecule has 1 saturated carbocycles. The highest BCUT2D eigenvalue weighted by Crippen LogP contribution is 2.20. The Labute approximate surface area is 179 Å². The number of nitrogens with two attached hydrogens (primary N) is 1. The van der Waals surface area contributed by atoms with E-state index in [1.807, 2.05) is 20.8 Å². The van der Waals surface area contributed by atoms with Gasteiger partial charge in [0.25, 0.3) is 5.91 Å². The summed E-state index contributed by atoms with van der Waals surface area (Å²) in [5.74, 6) is -0.774. The van der Waals surface area contributed by atoms with E-state index in [0.29, 0.717) is 11.3 Å². The monoisotopic (exact) mass is 424 g/mol. The van der Waals surface area contributed by atoms with Gasteiger partial charge < -0.3 is 21.7 Å². The molecule has 2 rings (SSSR count). The van der Waals surface area contributed by atoms with Crippen LogP contribution in [-0.2, 0) is 9.59 Å². The lowest BCUT2D eigenvalue weighted by atomic mass is 9.95. The fraction of sp³-hybridized carbons (Fsp3) is 0.571. The van der Waals surface area contributed by atoms with E-state index in [0.717, 1.165) is 31.2 Å². The highest BCUT2D eigenvalue weighted by atomic mass is 35.5. The molecular formula is C21H33ClN4O3. The molecule has 0 heterocycles. The predicted molar refractivity (Wildman–Crippen MR) is 117 cm³/mol. The molecule has 1 aliphatic rings. The highest BCUT2D eigenvalue weighted by Gasteiger charge is 2.19. The van der Waals surface area contributed by atoms with Gasteiger partial charge in [-0.1, -0.05) is 33.1 Å². The fourth-order valence-electron chi connectivity index (χ4n) is 3.24. The molecule has 1 aromatic rings. The van der Waals surface area contributed by atoms with Crippen molar-refractivity contribution in [2.24, 2.45) is 11.7 Å². The molecule has 0 bridgehead atoms. The van der Waals surface area contributed by atoms with Crippen LogP contribution in [0.2, 0.25) is 0 Å². The second-order valence-corrected chi connectivity index (χ2v) is 7.87. The zero-order chi connectivity index (χ0) is 20.7. The number of amides is 3. The fourth-order valence-corrected chi connectivity index (χ4v) is 3.24. The quantitative estimate of drug-likeness (QED) is 0.538. The van der Waals surface area contributed by atoms with Crippen LogP contribution in [0.25, 0.3) is 0 Å². The van der Waals surface area contributed by atoms with Crippen LogP contribution in [0, 0.1) is 12.8 Å². The minimum Gasteiger partial charge on any atom is -0.349 e. The number of halogens is 1. The average molecular weight is 425 g/mol. The van der Waals surface area contributed by atoms with Gasteiger partial charge in [0.1, 0.15) is 0 Å². The maximum Gasteiger partial charge on any atom is 0.251 e. The summed E-state index contributed by atoms with van der Waals surface area (Å²) in [5.41, 5.74) is 7.73. The van der Waals surface area contributed by atoms with Crippen molar-refractivity contribution in [1.29, 1.82) is 0 Å². The zero-order valence-corrected chi connectivity index (χ0v) is 18.2. The molecule has 162 valence electrons. The molecule has 0 aromatic heterocycles. The Bertz CT molecular complexity index is 718. The summed E-state index contributed by atoms with van der Waals surface area (Å²) in [5, 5.41) is 8.38. The molecular weight excluding hydrogens is 392 g/mol. The molecule has 0 aliphatic heterocycles. The number of anilines is 1. The molecule has 0 unspecified atom stereocenters. The summed E-state index contributed by atoms with van der Waals surface area (Å²) in [6.07, 6.45) is 5.63. The third kappa shape index (κ3) is 7.66. The smallest absolute Gasteiger partial charge is 0.251 e. The first kappa shape index (κ1) is 24.9. The van der Waals surface area contributed by atoms with Gasteiger partial charge >= 0.3 is 0 Å². The second-order valence-electron chi connectivity index (χ2n) is 7.87. The second kappa shape index (κ2) is 11.8. The van der Waals surface area contributed by atoms with Crippen molar-refractivity contribution in [2.45, 2.75) is 65.0 Å². The van der Waals surface area contributed by atoms with E-state index in [1.165, 1.54) is 6.42 Å². The summed E-state index contributed by atoms with van der Waals surface area (Å²) in [6, 6.07) is 4.79. The maximum atomic E-state index is 12.4.